The Morgan fingerprint density at radius 2 is 1.88 bits per heavy atom. The van der Waals surface area contributed by atoms with Crippen LogP contribution >= 0.6 is 0 Å². The lowest BCUT2D eigenvalue weighted by Gasteiger charge is -2.38. The normalized spacial score (nSPS) is 15.9. The van der Waals surface area contributed by atoms with E-state index < -0.39 is 11.7 Å². The predicted octanol–water partition coefficient (Wildman–Crippen LogP) is 2.98. The van der Waals surface area contributed by atoms with Crippen LogP contribution in [-0.4, -0.2) is 23.3 Å². The van der Waals surface area contributed by atoms with Gasteiger partial charge in [-0.05, 0) is 61.3 Å². The van der Waals surface area contributed by atoms with Crippen LogP contribution in [0.2, 0.25) is 0 Å². The van der Waals surface area contributed by atoms with E-state index in [0.29, 0.717) is 28.7 Å². The topological polar surface area (TPSA) is 76.3 Å². The largest absolute Gasteiger partial charge is 0.389 e. The lowest BCUT2D eigenvalue weighted by atomic mass is 9.76. The zero-order valence-corrected chi connectivity index (χ0v) is 14.6. The number of hydrogen-bond acceptors (Lipinski definition) is 4. The van der Waals surface area contributed by atoms with Gasteiger partial charge in [0.2, 0.25) is 0 Å². The predicted molar refractivity (Wildman–Crippen MR) is 94.3 cm³/mol. The van der Waals surface area contributed by atoms with E-state index >= 15 is 0 Å². The standard InChI is InChI=1S/C20H23FN2O2/c1-4-19(23-3)20(25,15-6-8-16(21)9-7-15)18-10-5-14(12-22)11-17(18)13(2)24/h5-11,13,19,23-25H,4H2,1-3H3. The molecule has 0 saturated heterocycles. The highest BCUT2D eigenvalue weighted by atomic mass is 19.1. The van der Waals surface area contributed by atoms with E-state index in [4.69, 9.17) is 5.26 Å². The molecule has 0 aliphatic carbocycles. The Hall–Kier alpha value is -2.26. The van der Waals surface area contributed by atoms with Crippen molar-refractivity contribution in [1.82, 2.24) is 5.32 Å². The van der Waals surface area contributed by atoms with E-state index in [2.05, 4.69) is 5.32 Å². The van der Waals surface area contributed by atoms with Crippen LogP contribution in [0.25, 0.3) is 0 Å². The molecule has 0 heterocycles. The Bertz CT molecular complexity index is 764. The van der Waals surface area contributed by atoms with Crippen molar-refractivity contribution in [2.24, 2.45) is 0 Å². The molecule has 4 nitrogen and oxygen atoms in total. The number of likely N-dealkylation sites (N-methyl/N-ethyl adjacent to an activating group) is 1. The lowest BCUT2D eigenvalue weighted by Crippen LogP contribution is -2.48. The zero-order valence-electron chi connectivity index (χ0n) is 14.6. The highest BCUT2D eigenvalue weighted by Gasteiger charge is 2.40. The van der Waals surface area contributed by atoms with E-state index in [1.165, 1.54) is 12.1 Å². The second-order valence-corrected chi connectivity index (χ2v) is 6.11. The molecule has 5 heteroatoms. The number of nitriles is 1. The third kappa shape index (κ3) is 3.57. The van der Waals surface area contributed by atoms with Crippen LogP contribution in [0.15, 0.2) is 42.5 Å². The number of aliphatic hydroxyl groups excluding tert-OH is 1. The quantitative estimate of drug-likeness (QED) is 0.754. The average Bonchev–Trinajstić information content (AvgIpc) is 2.62. The molecule has 3 atom stereocenters. The molecule has 0 fully saturated rings. The minimum Gasteiger partial charge on any atom is -0.389 e. The lowest BCUT2D eigenvalue weighted by molar-refractivity contribution is 0.0351. The van der Waals surface area contributed by atoms with Gasteiger partial charge in [0, 0.05) is 6.04 Å². The molecule has 0 bridgehead atoms. The molecule has 0 saturated carbocycles. The molecule has 0 aromatic heterocycles. The summed E-state index contributed by atoms with van der Waals surface area (Å²) in [6, 6.07) is 12.2. The van der Waals surface area contributed by atoms with Crippen molar-refractivity contribution in [2.45, 2.75) is 38.0 Å². The van der Waals surface area contributed by atoms with Crippen LogP contribution in [0, 0.1) is 17.1 Å². The van der Waals surface area contributed by atoms with Gasteiger partial charge < -0.3 is 15.5 Å². The number of nitrogens with one attached hydrogen (secondary N) is 1. The van der Waals surface area contributed by atoms with Gasteiger partial charge in [-0.15, -0.1) is 0 Å². The SMILES string of the molecule is CCC(NC)C(O)(c1ccc(F)cc1)c1ccc(C#N)cc1C(C)O. The summed E-state index contributed by atoms with van der Waals surface area (Å²) in [5, 5.41) is 34.2. The van der Waals surface area contributed by atoms with Crippen LogP contribution in [0.4, 0.5) is 4.39 Å². The summed E-state index contributed by atoms with van der Waals surface area (Å²) in [4.78, 5) is 0. The molecule has 0 amide bonds. The van der Waals surface area contributed by atoms with Crippen LogP contribution in [0.5, 0.6) is 0 Å². The molecular weight excluding hydrogens is 319 g/mol. The summed E-state index contributed by atoms with van der Waals surface area (Å²) in [7, 11) is 1.74. The fourth-order valence-electron chi connectivity index (χ4n) is 3.28. The Balaban J connectivity index is 2.77. The van der Waals surface area contributed by atoms with Gasteiger partial charge in [-0.25, -0.2) is 4.39 Å². The Morgan fingerprint density at radius 3 is 2.36 bits per heavy atom. The molecule has 132 valence electrons. The number of aliphatic hydroxyl groups is 2. The van der Waals surface area contributed by atoms with Crippen molar-refractivity contribution in [3.8, 4) is 6.07 Å². The maximum absolute atomic E-state index is 13.4. The van der Waals surface area contributed by atoms with Gasteiger partial charge in [0.05, 0.1) is 17.7 Å². The van der Waals surface area contributed by atoms with E-state index in [-0.39, 0.29) is 11.9 Å². The van der Waals surface area contributed by atoms with Crippen molar-refractivity contribution in [1.29, 1.82) is 5.26 Å². The molecule has 0 aliphatic rings. The molecule has 3 unspecified atom stereocenters. The summed E-state index contributed by atoms with van der Waals surface area (Å²) >= 11 is 0. The molecule has 2 rings (SSSR count). The van der Waals surface area contributed by atoms with Crippen LogP contribution in [0.3, 0.4) is 0 Å². The number of hydrogen-bond donors (Lipinski definition) is 3. The Morgan fingerprint density at radius 1 is 1.24 bits per heavy atom. The van der Waals surface area contributed by atoms with Crippen LogP contribution in [0.1, 0.15) is 48.6 Å². The van der Waals surface area contributed by atoms with Gasteiger partial charge in [0.25, 0.3) is 0 Å². The number of benzene rings is 2. The van der Waals surface area contributed by atoms with Crippen LogP contribution < -0.4 is 5.32 Å². The summed E-state index contributed by atoms with van der Waals surface area (Å²) in [5.41, 5.74) is 0.395. The smallest absolute Gasteiger partial charge is 0.130 e. The first-order valence-corrected chi connectivity index (χ1v) is 8.26. The number of nitrogens with zero attached hydrogens (tertiary/aromatic N) is 1. The first kappa shape index (κ1) is 19.1. The molecule has 25 heavy (non-hydrogen) atoms. The first-order valence-electron chi connectivity index (χ1n) is 8.26. The molecule has 2 aromatic carbocycles. The molecule has 0 radical (unpaired) electrons. The van der Waals surface area contributed by atoms with Crippen molar-refractivity contribution in [2.75, 3.05) is 7.05 Å². The molecule has 2 aromatic rings. The number of rotatable bonds is 6. The third-order valence-corrected chi connectivity index (χ3v) is 4.59. The molecule has 0 aliphatic heterocycles. The van der Waals surface area contributed by atoms with E-state index in [9.17, 15) is 14.6 Å². The van der Waals surface area contributed by atoms with Crippen LogP contribution in [-0.2, 0) is 5.60 Å². The maximum atomic E-state index is 13.4. The second kappa shape index (κ2) is 7.75. The summed E-state index contributed by atoms with van der Waals surface area (Å²) < 4.78 is 13.4. The van der Waals surface area contributed by atoms with Crippen molar-refractivity contribution in [3.63, 3.8) is 0 Å². The summed E-state index contributed by atoms with van der Waals surface area (Å²) in [6.07, 6.45) is -0.270. The molecule has 0 spiro atoms. The van der Waals surface area contributed by atoms with Crippen molar-refractivity contribution in [3.05, 3.63) is 70.5 Å². The second-order valence-electron chi connectivity index (χ2n) is 6.11. The minimum atomic E-state index is -1.49. The van der Waals surface area contributed by atoms with Gasteiger partial charge in [-0.1, -0.05) is 25.1 Å². The van der Waals surface area contributed by atoms with Gasteiger partial charge in [0.1, 0.15) is 11.4 Å². The Kier molecular flexibility index (Phi) is 5.91. The van der Waals surface area contributed by atoms with Crippen molar-refractivity contribution >= 4 is 0 Å². The fraction of sp³-hybridized carbons (Fsp3) is 0.350. The fourth-order valence-corrected chi connectivity index (χ4v) is 3.28. The van der Waals surface area contributed by atoms with Gasteiger partial charge in [-0.3, -0.25) is 0 Å². The van der Waals surface area contributed by atoms with Gasteiger partial charge in [-0.2, -0.15) is 5.26 Å². The third-order valence-electron chi connectivity index (χ3n) is 4.59. The summed E-state index contributed by atoms with van der Waals surface area (Å²) in [5.74, 6) is -0.390. The number of halogens is 1. The minimum absolute atomic E-state index is 0.372. The monoisotopic (exact) mass is 342 g/mol. The highest BCUT2D eigenvalue weighted by molar-refractivity contribution is 5.47. The van der Waals surface area contributed by atoms with Gasteiger partial charge >= 0.3 is 0 Å². The van der Waals surface area contributed by atoms with E-state index in [1.807, 2.05) is 13.0 Å². The first-order chi connectivity index (χ1) is 11.9. The van der Waals surface area contributed by atoms with Gasteiger partial charge in [0.15, 0.2) is 0 Å². The molecule has 3 N–H and O–H groups in total. The zero-order chi connectivity index (χ0) is 18.6. The van der Waals surface area contributed by atoms with E-state index in [1.54, 1.807) is 44.3 Å². The maximum Gasteiger partial charge on any atom is 0.130 e. The summed E-state index contributed by atoms with van der Waals surface area (Å²) in [6.45, 7) is 3.52. The van der Waals surface area contributed by atoms with E-state index in [0.717, 1.165) is 0 Å². The molecular formula is C20H23FN2O2. The Labute approximate surface area is 147 Å². The highest BCUT2D eigenvalue weighted by Crippen LogP contribution is 2.38. The average molecular weight is 342 g/mol. The van der Waals surface area contributed by atoms with Crippen molar-refractivity contribution < 1.29 is 14.6 Å².